The van der Waals surface area contributed by atoms with Gasteiger partial charge in [0, 0.05) is 12.6 Å². The molecule has 2 rings (SSSR count). The Kier molecular flexibility index (Phi) is 4.28. The molecule has 1 N–H and O–H groups in total. The van der Waals surface area contributed by atoms with Crippen molar-refractivity contribution in [3.8, 4) is 17.4 Å². The van der Waals surface area contributed by atoms with Crippen molar-refractivity contribution in [3.05, 3.63) is 29.8 Å². The predicted octanol–water partition coefficient (Wildman–Crippen LogP) is 2.54. The highest BCUT2D eigenvalue weighted by molar-refractivity contribution is 5.57. The molecule has 0 radical (unpaired) electrons. The number of anilines is 1. The van der Waals surface area contributed by atoms with E-state index in [4.69, 9.17) is 4.74 Å². The van der Waals surface area contributed by atoms with Crippen LogP contribution in [0.2, 0.25) is 0 Å². The highest BCUT2D eigenvalue weighted by atomic mass is 16.5. The molecule has 0 amide bonds. The number of benzene rings is 1. The molecule has 0 spiro atoms. The average molecular weight is 258 g/mol. The molecule has 0 aliphatic carbocycles. The van der Waals surface area contributed by atoms with E-state index in [-0.39, 0.29) is 0 Å². The van der Waals surface area contributed by atoms with Crippen LogP contribution < -0.4 is 10.1 Å². The third-order valence-electron chi connectivity index (χ3n) is 2.73. The number of ether oxygens (including phenoxy) is 1. The summed E-state index contributed by atoms with van der Waals surface area (Å²) in [6.45, 7) is 4.56. The minimum absolute atomic E-state index is 0.344. The molecule has 2 aromatic rings. The Morgan fingerprint density at radius 2 is 1.79 bits per heavy atom. The number of nitrogens with one attached hydrogen (secondary N) is 1. The highest BCUT2D eigenvalue weighted by Gasteiger charge is 2.08. The SMILES string of the molecule is CCOc1nc(NC)nc(-c2ccc(CC)cc2)n1. The van der Waals surface area contributed by atoms with E-state index in [9.17, 15) is 0 Å². The molecule has 0 saturated carbocycles. The number of nitrogens with zero attached hydrogens (tertiary/aromatic N) is 3. The molecule has 1 aromatic carbocycles. The quantitative estimate of drug-likeness (QED) is 0.893. The van der Waals surface area contributed by atoms with E-state index in [0.717, 1.165) is 12.0 Å². The van der Waals surface area contributed by atoms with E-state index in [0.29, 0.717) is 24.4 Å². The van der Waals surface area contributed by atoms with Crippen molar-refractivity contribution < 1.29 is 4.74 Å². The topological polar surface area (TPSA) is 59.9 Å². The summed E-state index contributed by atoms with van der Waals surface area (Å²) in [6, 6.07) is 8.54. The van der Waals surface area contributed by atoms with Crippen LogP contribution in [0, 0.1) is 0 Å². The molecule has 5 nitrogen and oxygen atoms in total. The zero-order valence-corrected chi connectivity index (χ0v) is 11.5. The molecular weight excluding hydrogens is 240 g/mol. The molecule has 0 unspecified atom stereocenters. The number of rotatable bonds is 5. The Morgan fingerprint density at radius 1 is 1.05 bits per heavy atom. The molecule has 5 heteroatoms. The molecule has 100 valence electrons. The van der Waals surface area contributed by atoms with Gasteiger partial charge < -0.3 is 10.1 Å². The van der Waals surface area contributed by atoms with Gasteiger partial charge in [0.05, 0.1) is 6.61 Å². The summed E-state index contributed by atoms with van der Waals surface area (Å²) in [5, 5.41) is 2.92. The van der Waals surface area contributed by atoms with E-state index in [1.165, 1.54) is 5.56 Å². The maximum Gasteiger partial charge on any atom is 0.321 e. The minimum Gasteiger partial charge on any atom is -0.464 e. The van der Waals surface area contributed by atoms with Gasteiger partial charge in [0.2, 0.25) is 5.95 Å². The smallest absolute Gasteiger partial charge is 0.321 e. The molecular formula is C14H18N4O. The lowest BCUT2D eigenvalue weighted by Crippen LogP contribution is -2.05. The molecule has 1 aromatic heterocycles. The van der Waals surface area contributed by atoms with Crippen LogP contribution in [0.1, 0.15) is 19.4 Å². The Labute approximate surface area is 113 Å². The number of hydrogen-bond donors (Lipinski definition) is 1. The summed E-state index contributed by atoms with van der Waals surface area (Å²) in [7, 11) is 1.77. The van der Waals surface area contributed by atoms with Crippen molar-refractivity contribution in [3.63, 3.8) is 0 Å². The van der Waals surface area contributed by atoms with Gasteiger partial charge in [-0.25, -0.2) is 0 Å². The van der Waals surface area contributed by atoms with Crippen LogP contribution in [0.4, 0.5) is 5.95 Å². The summed E-state index contributed by atoms with van der Waals surface area (Å²) < 4.78 is 5.35. The van der Waals surface area contributed by atoms with E-state index >= 15 is 0 Å². The van der Waals surface area contributed by atoms with Crippen LogP contribution in [0.15, 0.2) is 24.3 Å². The van der Waals surface area contributed by atoms with Crippen LogP contribution in [-0.2, 0) is 6.42 Å². The fourth-order valence-electron chi connectivity index (χ4n) is 1.68. The monoisotopic (exact) mass is 258 g/mol. The van der Waals surface area contributed by atoms with Crippen LogP contribution >= 0.6 is 0 Å². The zero-order chi connectivity index (χ0) is 13.7. The van der Waals surface area contributed by atoms with Crippen molar-refractivity contribution in [1.29, 1.82) is 0 Å². The Balaban J connectivity index is 2.38. The largest absolute Gasteiger partial charge is 0.464 e. The summed E-state index contributed by atoms with van der Waals surface area (Å²) in [6.07, 6.45) is 1.02. The van der Waals surface area contributed by atoms with Crippen molar-refractivity contribution in [2.75, 3.05) is 19.0 Å². The van der Waals surface area contributed by atoms with Crippen molar-refractivity contribution in [1.82, 2.24) is 15.0 Å². The van der Waals surface area contributed by atoms with Crippen molar-refractivity contribution in [2.45, 2.75) is 20.3 Å². The summed E-state index contributed by atoms with van der Waals surface area (Å²) >= 11 is 0. The third kappa shape index (κ3) is 3.19. The first-order chi connectivity index (χ1) is 9.26. The number of aromatic nitrogens is 3. The normalized spacial score (nSPS) is 10.3. The summed E-state index contributed by atoms with van der Waals surface area (Å²) in [5.74, 6) is 1.12. The van der Waals surface area contributed by atoms with Gasteiger partial charge in [-0.2, -0.15) is 15.0 Å². The first-order valence-electron chi connectivity index (χ1n) is 6.42. The molecule has 0 aliphatic heterocycles. The Hall–Kier alpha value is -2.17. The molecule has 19 heavy (non-hydrogen) atoms. The molecule has 0 bridgehead atoms. The lowest BCUT2D eigenvalue weighted by Gasteiger charge is -2.07. The Morgan fingerprint density at radius 3 is 2.37 bits per heavy atom. The lowest BCUT2D eigenvalue weighted by molar-refractivity contribution is 0.312. The van der Waals surface area contributed by atoms with E-state index < -0.39 is 0 Å². The number of hydrogen-bond acceptors (Lipinski definition) is 5. The third-order valence-corrected chi connectivity index (χ3v) is 2.73. The standard InChI is InChI=1S/C14H18N4O/c1-4-10-6-8-11(9-7-10)12-16-13(15-3)18-14(17-12)19-5-2/h6-9H,4-5H2,1-3H3,(H,15,16,17,18). The van der Waals surface area contributed by atoms with Crippen LogP contribution in [-0.4, -0.2) is 28.6 Å². The minimum atomic E-state index is 0.344. The second kappa shape index (κ2) is 6.13. The van der Waals surface area contributed by atoms with Gasteiger partial charge in [-0.3, -0.25) is 0 Å². The second-order valence-electron chi connectivity index (χ2n) is 4.00. The van der Waals surface area contributed by atoms with Gasteiger partial charge in [0.1, 0.15) is 0 Å². The molecule has 0 aliphatic rings. The first-order valence-corrected chi connectivity index (χ1v) is 6.42. The van der Waals surface area contributed by atoms with Crippen LogP contribution in [0.5, 0.6) is 6.01 Å². The van der Waals surface area contributed by atoms with Crippen LogP contribution in [0.25, 0.3) is 11.4 Å². The maximum atomic E-state index is 5.35. The summed E-state index contributed by atoms with van der Waals surface area (Å²) in [5.41, 5.74) is 2.24. The average Bonchev–Trinajstić information content (AvgIpc) is 2.47. The maximum absolute atomic E-state index is 5.35. The van der Waals surface area contributed by atoms with Gasteiger partial charge in [-0.15, -0.1) is 0 Å². The molecule has 0 fully saturated rings. The molecule has 0 atom stereocenters. The lowest BCUT2D eigenvalue weighted by atomic mass is 10.1. The second-order valence-corrected chi connectivity index (χ2v) is 4.00. The highest BCUT2D eigenvalue weighted by Crippen LogP contribution is 2.19. The van der Waals surface area contributed by atoms with Gasteiger partial charge >= 0.3 is 6.01 Å². The first kappa shape index (κ1) is 13.3. The Bertz CT molecular complexity index is 540. The van der Waals surface area contributed by atoms with E-state index in [1.807, 2.05) is 19.1 Å². The van der Waals surface area contributed by atoms with Gasteiger partial charge in [-0.05, 0) is 18.9 Å². The summed E-state index contributed by atoms with van der Waals surface area (Å²) in [4.78, 5) is 12.8. The van der Waals surface area contributed by atoms with Gasteiger partial charge in [-0.1, -0.05) is 31.2 Å². The zero-order valence-electron chi connectivity index (χ0n) is 11.5. The van der Waals surface area contributed by atoms with Gasteiger partial charge in [0.15, 0.2) is 5.82 Å². The number of aryl methyl sites for hydroxylation is 1. The fraction of sp³-hybridized carbons (Fsp3) is 0.357. The van der Waals surface area contributed by atoms with Crippen molar-refractivity contribution >= 4 is 5.95 Å². The van der Waals surface area contributed by atoms with Crippen LogP contribution in [0.3, 0.4) is 0 Å². The van der Waals surface area contributed by atoms with E-state index in [1.54, 1.807) is 7.05 Å². The molecule has 0 saturated heterocycles. The van der Waals surface area contributed by atoms with Crippen molar-refractivity contribution in [2.24, 2.45) is 0 Å². The van der Waals surface area contributed by atoms with E-state index in [2.05, 4.69) is 39.3 Å². The fourth-order valence-corrected chi connectivity index (χ4v) is 1.68. The predicted molar refractivity (Wildman–Crippen MR) is 75.4 cm³/mol. The van der Waals surface area contributed by atoms with Gasteiger partial charge in [0.25, 0.3) is 0 Å². The molecule has 1 heterocycles.